The number of aliphatic hydroxyl groups excluding tert-OH is 2. The van der Waals surface area contributed by atoms with Crippen molar-refractivity contribution in [3.8, 4) is 0 Å². The maximum absolute atomic E-state index is 9.75. The summed E-state index contributed by atoms with van der Waals surface area (Å²) in [4.78, 5) is 4.63. The van der Waals surface area contributed by atoms with Crippen molar-refractivity contribution in [2.24, 2.45) is 0 Å². The maximum Gasteiger partial charge on any atom is 0.0831 e. The summed E-state index contributed by atoms with van der Waals surface area (Å²) in [5, 5.41) is 21.8. The molecule has 15 heavy (non-hydrogen) atoms. The first-order valence-electron chi connectivity index (χ1n) is 5.77. The molecule has 3 N–H and O–H groups in total. The van der Waals surface area contributed by atoms with E-state index in [9.17, 15) is 5.11 Å². The molecule has 88 valence electrons. The molecule has 0 aromatic rings. The predicted octanol–water partition coefficient (Wildman–Crippen LogP) is -2.07. The third-order valence-corrected chi connectivity index (χ3v) is 3.44. The van der Waals surface area contributed by atoms with Gasteiger partial charge in [0.1, 0.15) is 0 Å². The molecule has 5 heteroatoms. The van der Waals surface area contributed by atoms with Crippen LogP contribution in [0.2, 0.25) is 0 Å². The molecule has 0 radical (unpaired) electrons. The van der Waals surface area contributed by atoms with Gasteiger partial charge in [0.05, 0.1) is 12.7 Å². The third-order valence-electron chi connectivity index (χ3n) is 3.44. The van der Waals surface area contributed by atoms with Crippen molar-refractivity contribution in [2.75, 3.05) is 52.4 Å². The standard InChI is InChI=1S/C10H21N3O2/c14-6-5-12-1-3-13(4-2-12)9-7-11-8-10(9)15/h9-11,14-15H,1-8H2. The molecule has 2 atom stereocenters. The summed E-state index contributed by atoms with van der Waals surface area (Å²) in [6.07, 6.45) is -0.214. The molecule has 0 saturated carbocycles. The van der Waals surface area contributed by atoms with E-state index in [-0.39, 0.29) is 12.7 Å². The fraction of sp³-hybridized carbons (Fsp3) is 1.00. The van der Waals surface area contributed by atoms with Gasteiger partial charge in [-0.25, -0.2) is 0 Å². The molecule has 2 rings (SSSR count). The van der Waals surface area contributed by atoms with E-state index in [0.717, 1.165) is 45.8 Å². The highest BCUT2D eigenvalue weighted by Gasteiger charge is 2.32. The van der Waals surface area contributed by atoms with Crippen molar-refractivity contribution < 1.29 is 10.2 Å². The average Bonchev–Trinajstić information content (AvgIpc) is 2.66. The van der Waals surface area contributed by atoms with Gasteiger partial charge in [0.2, 0.25) is 0 Å². The average molecular weight is 215 g/mol. The monoisotopic (exact) mass is 215 g/mol. The fourth-order valence-corrected chi connectivity index (χ4v) is 2.48. The molecule has 0 aliphatic carbocycles. The zero-order chi connectivity index (χ0) is 10.7. The minimum atomic E-state index is -0.214. The number of hydrogen-bond acceptors (Lipinski definition) is 5. The molecule has 0 spiro atoms. The van der Waals surface area contributed by atoms with Gasteiger partial charge in [-0.2, -0.15) is 0 Å². The summed E-state index contributed by atoms with van der Waals surface area (Å²) in [6, 6.07) is 0.293. The van der Waals surface area contributed by atoms with Crippen LogP contribution in [0.1, 0.15) is 0 Å². The van der Waals surface area contributed by atoms with E-state index in [4.69, 9.17) is 5.11 Å². The van der Waals surface area contributed by atoms with Gasteiger partial charge in [0.25, 0.3) is 0 Å². The Morgan fingerprint density at radius 1 is 1.13 bits per heavy atom. The van der Waals surface area contributed by atoms with Crippen molar-refractivity contribution >= 4 is 0 Å². The van der Waals surface area contributed by atoms with E-state index < -0.39 is 0 Å². The first-order chi connectivity index (χ1) is 7.31. The second-order valence-corrected chi connectivity index (χ2v) is 4.39. The highest BCUT2D eigenvalue weighted by molar-refractivity contribution is 4.90. The molecule has 2 heterocycles. The number of rotatable bonds is 3. The van der Waals surface area contributed by atoms with Crippen LogP contribution < -0.4 is 5.32 Å². The highest BCUT2D eigenvalue weighted by Crippen LogP contribution is 2.12. The number of β-amino-alcohol motifs (C(OH)–C–C–N with tert-alkyl or cyclic N) is 2. The lowest BCUT2D eigenvalue weighted by Gasteiger charge is -2.38. The highest BCUT2D eigenvalue weighted by atomic mass is 16.3. The molecule has 0 bridgehead atoms. The Morgan fingerprint density at radius 2 is 1.87 bits per heavy atom. The molecule has 2 aliphatic heterocycles. The Morgan fingerprint density at radius 3 is 2.40 bits per heavy atom. The van der Waals surface area contributed by atoms with Gasteiger partial charge in [0, 0.05) is 51.9 Å². The van der Waals surface area contributed by atoms with Gasteiger partial charge in [-0.05, 0) is 0 Å². The fourth-order valence-electron chi connectivity index (χ4n) is 2.48. The molecule has 0 aromatic heterocycles. The van der Waals surface area contributed by atoms with Crippen molar-refractivity contribution in [3.63, 3.8) is 0 Å². The van der Waals surface area contributed by atoms with Crippen LogP contribution >= 0.6 is 0 Å². The van der Waals surface area contributed by atoms with E-state index >= 15 is 0 Å². The molecular formula is C10H21N3O2. The first-order valence-corrected chi connectivity index (χ1v) is 5.77. The van der Waals surface area contributed by atoms with Crippen molar-refractivity contribution in [2.45, 2.75) is 12.1 Å². The molecule has 2 saturated heterocycles. The van der Waals surface area contributed by atoms with E-state index in [0.29, 0.717) is 6.04 Å². The van der Waals surface area contributed by atoms with Crippen LogP contribution in [0.3, 0.4) is 0 Å². The van der Waals surface area contributed by atoms with Gasteiger partial charge >= 0.3 is 0 Å². The van der Waals surface area contributed by atoms with Crippen molar-refractivity contribution in [3.05, 3.63) is 0 Å². The molecular weight excluding hydrogens is 194 g/mol. The lowest BCUT2D eigenvalue weighted by atomic mass is 10.1. The van der Waals surface area contributed by atoms with Gasteiger partial charge in [-0.1, -0.05) is 0 Å². The predicted molar refractivity (Wildman–Crippen MR) is 57.8 cm³/mol. The molecule has 5 nitrogen and oxygen atoms in total. The first kappa shape index (κ1) is 11.3. The Bertz CT molecular complexity index is 195. The minimum Gasteiger partial charge on any atom is -0.395 e. The zero-order valence-corrected chi connectivity index (χ0v) is 9.10. The van der Waals surface area contributed by atoms with E-state index in [1.165, 1.54) is 0 Å². The number of piperazine rings is 1. The van der Waals surface area contributed by atoms with Crippen LogP contribution in [0, 0.1) is 0 Å². The lowest BCUT2D eigenvalue weighted by molar-refractivity contribution is 0.0399. The van der Waals surface area contributed by atoms with Gasteiger partial charge in [0.15, 0.2) is 0 Å². The minimum absolute atomic E-state index is 0.214. The summed E-state index contributed by atoms with van der Waals surface area (Å²) >= 11 is 0. The summed E-state index contributed by atoms with van der Waals surface area (Å²) in [5.41, 5.74) is 0. The summed E-state index contributed by atoms with van der Waals surface area (Å²) in [6.45, 7) is 6.66. The molecule has 0 amide bonds. The van der Waals surface area contributed by atoms with Gasteiger partial charge in [-0.3, -0.25) is 9.80 Å². The van der Waals surface area contributed by atoms with Gasteiger partial charge < -0.3 is 15.5 Å². The van der Waals surface area contributed by atoms with Crippen LogP contribution in [0.5, 0.6) is 0 Å². The summed E-state index contributed by atoms with van der Waals surface area (Å²) < 4.78 is 0. The normalized spacial score (nSPS) is 34.8. The Labute approximate surface area is 90.7 Å². The summed E-state index contributed by atoms with van der Waals surface area (Å²) in [5.74, 6) is 0. The topological polar surface area (TPSA) is 59.0 Å². The zero-order valence-electron chi connectivity index (χ0n) is 9.10. The van der Waals surface area contributed by atoms with Gasteiger partial charge in [-0.15, -0.1) is 0 Å². The number of nitrogens with one attached hydrogen (secondary N) is 1. The SMILES string of the molecule is OCCN1CCN(C2CNCC2O)CC1. The van der Waals surface area contributed by atoms with E-state index in [1.54, 1.807) is 0 Å². The Hall–Kier alpha value is -0.200. The van der Waals surface area contributed by atoms with E-state index in [1.807, 2.05) is 0 Å². The number of nitrogens with zero attached hydrogens (tertiary/aromatic N) is 2. The van der Waals surface area contributed by atoms with Crippen molar-refractivity contribution in [1.82, 2.24) is 15.1 Å². The molecule has 0 aromatic carbocycles. The molecule has 2 unspecified atom stereocenters. The third kappa shape index (κ3) is 2.68. The van der Waals surface area contributed by atoms with Crippen LogP contribution in [-0.4, -0.2) is 84.6 Å². The van der Waals surface area contributed by atoms with Crippen LogP contribution in [-0.2, 0) is 0 Å². The number of hydrogen-bond donors (Lipinski definition) is 3. The van der Waals surface area contributed by atoms with E-state index in [2.05, 4.69) is 15.1 Å². The summed E-state index contributed by atoms with van der Waals surface area (Å²) in [7, 11) is 0. The molecule has 2 aliphatic rings. The second-order valence-electron chi connectivity index (χ2n) is 4.39. The Kier molecular flexibility index (Phi) is 3.93. The maximum atomic E-state index is 9.75. The second kappa shape index (κ2) is 5.23. The lowest BCUT2D eigenvalue weighted by Crippen LogP contribution is -2.54. The van der Waals surface area contributed by atoms with Crippen molar-refractivity contribution in [1.29, 1.82) is 0 Å². The van der Waals surface area contributed by atoms with Crippen LogP contribution in [0.4, 0.5) is 0 Å². The largest absolute Gasteiger partial charge is 0.395 e. The van der Waals surface area contributed by atoms with Crippen LogP contribution in [0.25, 0.3) is 0 Å². The van der Waals surface area contributed by atoms with Crippen LogP contribution in [0.15, 0.2) is 0 Å². The smallest absolute Gasteiger partial charge is 0.0831 e. The quantitative estimate of drug-likeness (QED) is 0.505. The number of aliphatic hydroxyl groups is 2. The molecule has 2 fully saturated rings. The Balaban J connectivity index is 1.77.